The van der Waals surface area contributed by atoms with Crippen molar-refractivity contribution in [3.8, 4) is 5.75 Å². The average Bonchev–Trinajstić information content (AvgIpc) is 2.41. The second-order valence-corrected chi connectivity index (χ2v) is 7.19. The number of hydrogen-bond donors (Lipinski definition) is 1. The van der Waals surface area contributed by atoms with Gasteiger partial charge in [-0.1, -0.05) is 11.6 Å². The van der Waals surface area contributed by atoms with Gasteiger partial charge in [0.05, 0.1) is 10.6 Å². The quantitative estimate of drug-likeness (QED) is 0.858. The van der Waals surface area contributed by atoms with Gasteiger partial charge in [-0.3, -0.25) is 0 Å². The maximum absolute atomic E-state index is 12.1. The molecule has 0 aromatic heterocycles. The summed E-state index contributed by atoms with van der Waals surface area (Å²) in [5.41, 5.74) is 7.17. The van der Waals surface area contributed by atoms with Crippen molar-refractivity contribution in [1.29, 1.82) is 0 Å². The van der Waals surface area contributed by atoms with Gasteiger partial charge in [0, 0.05) is 10.7 Å². The summed E-state index contributed by atoms with van der Waals surface area (Å²) in [5, 5.41) is 0.502. The molecule has 2 aromatic rings. The molecule has 0 heterocycles. The Balaban J connectivity index is 2.00. The molecule has 0 saturated heterocycles. The Morgan fingerprint density at radius 2 is 1.81 bits per heavy atom. The van der Waals surface area contributed by atoms with E-state index in [0.29, 0.717) is 16.5 Å². The molecule has 2 aromatic carbocycles. The Kier molecular flexibility index (Phi) is 4.75. The van der Waals surface area contributed by atoms with Crippen molar-refractivity contribution >= 4 is 27.1 Å². The lowest BCUT2D eigenvalue weighted by atomic mass is 10.2. The van der Waals surface area contributed by atoms with Gasteiger partial charge in [-0.2, -0.15) is 0 Å². The molecule has 21 heavy (non-hydrogen) atoms. The molecule has 0 aliphatic heterocycles. The highest BCUT2D eigenvalue weighted by molar-refractivity contribution is 7.91. The monoisotopic (exact) mass is 325 g/mol. The summed E-state index contributed by atoms with van der Waals surface area (Å²) in [6.07, 6.45) is 0. The van der Waals surface area contributed by atoms with E-state index >= 15 is 0 Å². The van der Waals surface area contributed by atoms with E-state index < -0.39 is 9.84 Å². The van der Waals surface area contributed by atoms with Crippen LogP contribution < -0.4 is 10.5 Å². The lowest BCUT2D eigenvalue weighted by Gasteiger charge is -2.10. The fraction of sp³-hybridized carbons (Fsp3) is 0.200. The average molecular weight is 326 g/mol. The van der Waals surface area contributed by atoms with Crippen LogP contribution in [0.25, 0.3) is 0 Å². The summed E-state index contributed by atoms with van der Waals surface area (Å²) in [6, 6.07) is 11.3. The van der Waals surface area contributed by atoms with Gasteiger partial charge in [-0.25, -0.2) is 8.42 Å². The third-order valence-electron chi connectivity index (χ3n) is 2.98. The van der Waals surface area contributed by atoms with E-state index in [4.69, 9.17) is 22.1 Å². The number of ether oxygens (including phenoxy) is 1. The van der Waals surface area contributed by atoms with Crippen molar-refractivity contribution in [3.05, 3.63) is 53.1 Å². The first-order valence-electron chi connectivity index (χ1n) is 6.36. The molecule has 0 radical (unpaired) electrons. The standard InChI is InChI=1S/C15H16ClNO3S/c1-11-10-13(17)4-7-15(11)20-8-9-21(18,19)14-5-2-12(16)3-6-14/h2-7,10H,8-9,17H2,1H3. The molecule has 0 aliphatic rings. The van der Waals surface area contributed by atoms with Crippen LogP contribution in [-0.4, -0.2) is 20.8 Å². The number of hydrogen-bond acceptors (Lipinski definition) is 4. The van der Waals surface area contributed by atoms with Crippen LogP contribution in [0.2, 0.25) is 5.02 Å². The van der Waals surface area contributed by atoms with Crippen molar-refractivity contribution in [1.82, 2.24) is 0 Å². The van der Waals surface area contributed by atoms with Crippen LogP contribution >= 0.6 is 11.6 Å². The summed E-state index contributed by atoms with van der Waals surface area (Å²) in [7, 11) is -3.38. The van der Waals surface area contributed by atoms with E-state index in [1.165, 1.54) is 12.1 Å². The van der Waals surface area contributed by atoms with Gasteiger partial charge in [-0.05, 0) is 55.0 Å². The number of nitrogens with two attached hydrogens (primary N) is 1. The second kappa shape index (κ2) is 6.37. The third-order valence-corrected chi connectivity index (χ3v) is 4.93. The number of rotatable bonds is 5. The van der Waals surface area contributed by atoms with Crippen LogP contribution in [-0.2, 0) is 9.84 Å². The SMILES string of the molecule is Cc1cc(N)ccc1OCCS(=O)(=O)c1ccc(Cl)cc1. The molecule has 2 rings (SSSR count). The van der Waals surface area contributed by atoms with Crippen LogP contribution in [0.1, 0.15) is 5.56 Å². The Labute approximate surface area is 129 Å². The molecular weight excluding hydrogens is 310 g/mol. The summed E-state index contributed by atoms with van der Waals surface area (Å²) in [4.78, 5) is 0.240. The van der Waals surface area contributed by atoms with Crippen molar-refractivity contribution in [2.24, 2.45) is 0 Å². The number of nitrogen functional groups attached to an aromatic ring is 1. The number of anilines is 1. The third kappa shape index (κ3) is 4.12. The predicted molar refractivity (Wildman–Crippen MR) is 84.6 cm³/mol. The number of aryl methyl sites for hydroxylation is 1. The molecule has 6 heteroatoms. The van der Waals surface area contributed by atoms with Crippen LogP contribution in [0, 0.1) is 6.92 Å². The predicted octanol–water partition coefficient (Wildman–Crippen LogP) is 3.08. The first-order valence-corrected chi connectivity index (χ1v) is 8.39. The fourth-order valence-electron chi connectivity index (χ4n) is 1.86. The highest BCUT2D eigenvalue weighted by Crippen LogP contribution is 2.21. The summed E-state index contributed by atoms with van der Waals surface area (Å²) < 4.78 is 29.8. The van der Waals surface area contributed by atoms with Crippen molar-refractivity contribution in [2.45, 2.75) is 11.8 Å². The molecule has 112 valence electrons. The van der Waals surface area contributed by atoms with Gasteiger partial charge in [0.2, 0.25) is 0 Å². The Bertz CT molecular complexity index is 727. The lowest BCUT2D eigenvalue weighted by Crippen LogP contribution is -2.14. The van der Waals surface area contributed by atoms with E-state index in [1.807, 2.05) is 6.92 Å². The largest absolute Gasteiger partial charge is 0.492 e. The molecule has 0 saturated carbocycles. The zero-order chi connectivity index (χ0) is 15.5. The maximum Gasteiger partial charge on any atom is 0.181 e. The first-order chi connectivity index (χ1) is 9.88. The molecule has 0 atom stereocenters. The number of benzene rings is 2. The Morgan fingerprint density at radius 3 is 2.43 bits per heavy atom. The maximum atomic E-state index is 12.1. The molecule has 0 fully saturated rings. The smallest absolute Gasteiger partial charge is 0.181 e. The van der Waals surface area contributed by atoms with Crippen LogP contribution in [0.3, 0.4) is 0 Å². The molecule has 0 amide bonds. The lowest BCUT2D eigenvalue weighted by molar-refractivity contribution is 0.338. The van der Waals surface area contributed by atoms with E-state index in [0.717, 1.165) is 5.56 Å². The number of sulfone groups is 1. The Hall–Kier alpha value is -1.72. The second-order valence-electron chi connectivity index (χ2n) is 4.65. The molecule has 2 N–H and O–H groups in total. The van der Waals surface area contributed by atoms with Gasteiger partial charge >= 0.3 is 0 Å². The van der Waals surface area contributed by atoms with Gasteiger partial charge in [0.25, 0.3) is 0 Å². The zero-order valence-electron chi connectivity index (χ0n) is 11.5. The minimum Gasteiger partial charge on any atom is -0.492 e. The minimum absolute atomic E-state index is 0.0791. The Morgan fingerprint density at radius 1 is 1.14 bits per heavy atom. The van der Waals surface area contributed by atoms with Crippen LogP contribution in [0.4, 0.5) is 5.69 Å². The molecule has 4 nitrogen and oxygen atoms in total. The summed E-state index contributed by atoms with van der Waals surface area (Å²) in [5.74, 6) is 0.536. The first kappa shape index (κ1) is 15.7. The molecular formula is C15H16ClNO3S. The van der Waals surface area contributed by atoms with Crippen molar-refractivity contribution in [3.63, 3.8) is 0 Å². The van der Waals surface area contributed by atoms with Crippen LogP contribution in [0.5, 0.6) is 5.75 Å². The highest BCUT2D eigenvalue weighted by atomic mass is 35.5. The normalized spacial score (nSPS) is 11.3. The van der Waals surface area contributed by atoms with Gasteiger partial charge in [0.15, 0.2) is 9.84 Å². The van der Waals surface area contributed by atoms with E-state index in [2.05, 4.69) is 0 Å². The van der Waals surface area contributed by atoms with Crippen molar-refractivity contribution < 1.29 is 13.2 Å². The molecule has 0 unspecified atom stereocenters. The van der Waals surface area contributed by atoms with E-state index in [-0.39, 0.29) is 17.3 Å². The minimum atomic E-state index is -3.38. The molecule has 0 bridgehead atoms. The van der Waals surface area contributed by atoms with E-state index in [9.17, 15) is 8.42 Å². The van der Waals surface area contributed by atoms with Gasteiger partial charge in [0.1, 0.15) is 12.4 Å². The molecule has 0 spiro atoms. The molecule has 0 aliphatic carbocycles. The summed E-state index contributed by atoms with van der Waals surface area (Å²) in [6.45, 7) is 1.94. The summed E-state index contributed by atoms with van der Waals surface area (Å²) >= 11 is 5.75. The number of halogens is 1. The van der Waals surface area contributed by atoms with Crippen molar-refractivity contribution in [2.75, 3.05) is 18.1 Å². The fourth-order valence-corrected chi connectivity index (χ4v) is 3.07. The van der Waals surface area contributed by atoms with Gasteiger partial charge < -0.3 is 10.5 Å². The zero-order valence-corrected chi connectivity index (χ0v) is 13.1. The highest BCUT2D eigenvalue weighted by Gasteiger charge is 2.14. The van der Waals surface area contributed by atoms with E-state index in [1.54, 1.807) is 30.3 Å². The van der Waals surface area contributed by atoms with Gasteiger partial charge in [-0.15, -0.1) is 0 Å². The topological polar surface area (TPSA) is 69.4 Å². The van der Waals surface area contributed by atoms with Crippen LogP contribution in [0.15, 0.2) is 47.4 Å².